The van der Waals surface area contributed by atoms with Crippen molar-refractivity contribution in [2.45, 2.75) is 44.0 Å². The number of unbranched alkanes of at least 4 members (excludes halogenated alkanes) is 1. The van der Waals surface area contributed by atoms with Crippen LogP contribution in [0.4, 0.5) is 21.0 Å². The molecule has 9 nitrogen and oxygen atoms in total. The largest absolute Gasteiger partial charge is 0.333 e. The van der Waals surface area contributed by atoms with Gasteiger partial charge in [0.05, 0.1) is 10.7 Å². The highest BCUT2D eigenvalue weighted by molar-refractivity contribution is 7.89. The van der Waals surface area contributed by atoms with Crippen molar-refractivity contribution in [1.82, 2.24) is 14.9 Å². The first-order valence-electron chi connectivity index (χ1n) is 13.2. The molecule has 0 aliphatic rings. The Morgan fingerprint density at radius 2 is 1.73 bits per heavy atom. The van der Waals surface area contributed by atoms with Crippen molar-refractivity contribution in [3.8, 4) is 0 Å². The van der Waals surface area contributed by atoms with E-state index in [0.717, 1.165) is 0 Å². The van der Waals surface area contributed by atoms with Crippen LogP contribution in [0.1, 0.15) is 33.1 Å². The Morgan fingerprint density at radius 3 is 2.39 bits per heavy atom. The first kappa shape index (κ1) is 32.7. The summed E-state index contributed by atoms with van der Waals surface area (Å²) in [4.78, 5) is 27.6. The van der Waals surface area contributed by atoms with E-state index in [1.54, 1.807) is 17.0 Å². The molecular formula is C28H35Cl2N5O4S2. The summed E-state index contributed by atoms with van der Waals surface area (Å²) in [6.45, 7) is 4.91. The quantitative estimate of drug-likeness (QED) is 0.144. The van der Waals surface area contributed by atoms with E-state index in [0.29, 0.717) is 42.2 Å². The van der Waals surface area contributed by atoms with Gasteiger partial charge in [0.2, 0.25) is 10.0 Å². The number of rotatable bonds is 14. The molecule has 0 saturated carbocycles. The third-order valence-electron chi connectivity index (χ3n) is 5.95. The molecule has 3 rings (SSSR count). The van der Waals surface area contributed by atoms with Crippen molar-refractivity contribution in [2.24, 2.45) is 5.92 Å². The van der Waals surface area contributed by atoms with Gasteiger partial charge < -0.3 is 20.9 Å². The molecule has 2 aromatic carbocycles. The molecule has 0 spiro atoms. The lowest BCUT2D eigenvalue weighted by Crippen LogP contribution is -2.49. The van der Waals surface area contributed by atoms with Crippen molar-refractivity contribution in [2.75, 3.05) is 30.3 Å². The van der Waals surface area contributed by atoms with Crippen molar-refractivity contribution >= 4 is 68.0 Å². The van der Waals surface area contributed by atoms with E-state index in [1.165, 1.54) is 29.5 Å². The van der Waals surface area contributed by atoms with Crippen LogP contribution in [0, 0.1) is 5.92 Å². The summed E-state index contributed by atoms with van der Waals surface area (Å²) in [5.41, 5.74) is 1.36. The molecule has 0 aliphatic carbocycles. The lowest BCUT2D eigenvalue weighted by molar-refractivity contribution is 0.198. The van der Waals surface area contributed by atoms with Gasteiger partial charge in [0.1, 0.15) is 4.90 Å². The fourth-order valence-electron chi connectivity index (χ4n) is 4.11. The molecule has 41 heavy (non-hydrogen) atoms. The standard InChI is InChI=1S/C28H35Cl2N5O4S2/c1-20(2)16-24(33-27(36)32-22-8-4-3-5-9-22)18-35(28(37)34-23-12-15-40-19-23)14-7-6-13-31-41(38,39)26-11-10-21(29)17-25(26)30/h3-5,8-12,15,17,19-20,24,31H,6-7,13-14,16,18H2,1-2H3,(H,34,37)(H2,32,33,36)/t24-/m0/s1. The van der Waals surface area contributed by atoms with Gasteiger partial charge in [-0.25, -0.2) is 22.7 Å². The van der Waals surface area contributed by atoms with E-state index in [2.05, 4.69) is 34.5 Å². The second-order valence-corrected chi connectivity index (χ2v) is 13.2. The van der Waals surface area contributed by atoms with Crippen LogP contribution in [-0.4, -0.2) is 51.1 Å². The molecule has 0 radical (unpaired) electrons. The molecule has 222 valence electrons. The van der Waals surface area contributed by atoms with Crippen molar-refractivity contribution < 1.29 is 18.0 Å². The zero-order valence-corrected chi connectivity index (χ0v) is 26.0. The van der Waals surface area contributed by atoms with Crippen LogP contribution in [0.3, 0.4) is 0 Å². The Kier molecular flexibility index (Phi) is 12.7. The number of sulfonamides is 1. The van der Waals surface area contributed by atoms with Crippen molar-refractivity contribution in [1.29, 1.82) is 0 Å². The van der Waals surface area contributed by atoms with Gasteiger partial charge in [-0.1, -0.05) is 55.2 Å². The van der Waals surface area contributed by atoms with Crippen LogP contribution in [0.2, 0.25) is 10.0 Å². The summed E-state index contributed by atoms with van der Waals surface area (Å²) < 4.78 is 27.9. The average molecular weight is 641 g/mol. The number of urea groups is 2. The predicted octanol–water partition coefficient (Wildman–Crippen LogP) is 6.88. The summed E-state index contributed by atoms with van der Waals surface area (Å²) in [7, 11) is -3.82. The number of hydrogen-bond acceptors (Lipinski definition) is 5. The number of hydrogen-bond donors (Lipinski definition) is 4. The topological polar surface area (TPSA) is 120 Å². The third kappa shape index (κ3) is 11.2. The number of carbonyl (C=O) groups is 2. The van der Waals surface area contributed by atoms with Crippen LogP contribution in [-0.2, 0) is 10.0 Å². The Balaban J connectivity index is 1.61. The molecule has 0 unspecified atom stereocenters. The third-order valence-corrected chi connectivity index (χ3v) is 8.82. The minimum absolute atomic E-state index is 0.0428. The number of nitrogens with one attached hydrogen (secondary N) is 4. The monoisotopic (exact) mass is 639 g/mol. The highest BCUT2D eigenvalue weighted by Crippen LogP contribution is 2.24. The normalized spacial score (nSPS) is 12.1. The predicted molar refractivity (Wildman–Crippen MR) is 168 cm³/mol. The van der Waals surface area contributed by atoms with E-state index >= 15 is 0 Å². The summed E-state index contributed by atoms with van der Waals surface area (Å²) in [5, 5.41) is 12.8. The number of nitrogens with zero attached hydrogens (tertiary/aromatic N) is 1. The molecule has 0 fully saturated rings. The fraction of sp³-hybridized carbons (Fsp3) is 0.357. The maximum Gasteiger partial charge on any atom is 0.321 e. The molecule has 4 amide bonds. The molecular weight excluding hydrogens is 605 g/mol. The molecule has 1 aromatic heterocycles. The number of benzene rings is 2. The van der Waals surface area contributed by atoms with Gasteiger partial charge in [-0.05, 0) is 67.0 Å². The summed E-state index contributed by atoms with van der Waals surface area (Å²) in [6, 6.07) is 14.2. The van der Waals surface area contributed by atoms with E-state index in [4.69, 9.17) is 23.2 Å². The minimum atomic E-state index is -3.82. The smallest absolute Gasteiger partial charge is 0.321 e. The fourth-order valence-corrected chi connectivity index (χ4v) is 6.54. The summed E-state index contributed by atoms with van der Waals surface area (Å²) in [5.74, 6) is 0.271. The van der Waals surface area contributed by atoms with Crippen LogP contribution in [0.5, 0.6) is 0 Å². The van der Waals surface area contributed by atoms with Gasteiger partial charge in [-0.3, -0.25) is 0 Å². The zero-order valence-electron chi connectivity index (χ0n) is 22.9. The molecule has 0 bridgehead atoms. The first-order chi connectivity index (χ1) is 19.5. The van der Waals surface area contributed by atoms with Crippen LogP contribution >= 0.6 is 34.5 Å². The average Bonchev–Trinajstić information content (AvgIpc) is 3.40. The highest BCUT2D eigenvalue weighted by atomic mass is 35.5. The maximum absolute atomic E-state index is 13.2. The highest BCUT2D eigenvalue weighted by Gasteiger charge is 2.22. The number of amides is 4. The molecule has 1 atom stereocenters. The van der Waals surface area contributed by atoms with Gasteiger partial charge in [0, 0.05) is 41.8 Å². The molecule has 0 saturated heterocycles. The number of halogens is 2. The molecule has 4 N–H and O–H groups in total. The molecule has 1 heterocycles. The molecule has 3 aromatic rings. The zero-order chi connectivity index (χ0) is 29.8. The summed E-state index contributed by atoms with van der Waals surface area (Å²) >= 11 is 13.4. The van der Waals surface area contributed by atoms with Crippen LogP contribution < -0.4 is 20.7 Å². The van der Waals surface area contributed by atoms with E-state index in [1.807, 2.05) is 35.0 Å². The van der Waals surface area contributed by atoms with Gasteiger partial charge >= 0.3 is 12.1 Å². The summed E-state index contributed by atoms with van der Waals surface area (Å²) in [6.07, 6.45) is 1.66. The second-order valence-electron chi connectivity index (χ2n) is 9.86. The number of carbonyl (C=O) groups excluding carboxylic acids is 2. The van der Waals surface area contributed by atoms with E-state index in [9.17, 15) is 18.0 Å². The first-order valence-corrected chi connectivity index (χ1v) is 16.4. The molecule has 13 heteroatoms. The lowest BCUT2D eigenvalue weighted by atomic mass is 10.0. The Hall–Kier alpha value is -2.83. The van der Waals surface area contributed by atoms with E-state index in [-0.39, 0.29) is 47.0 Å². The minimum Gasteiger partial charge on any atom is -0.333 e. The van der Waals surface area contributed by atoms with Gasteiger partial charge in [0.25, 0.3) is 0 Å². The number of thiophene rings is 1. The van der Waals surface area contributed by atoms with Crippen LogP contribution in [0.25, 0.3) is 0 Å². The van der Waals surface area contributed by atoms with Gasteiger partial charge in [-0.15, -0.1) is 0 Å². The Labute approximate surface area is 255 Å². The van der Waals surface area contributed by atoms with Crippen molar-refractivity contribution in [3.05, 3.63) is 75.4 Å². The van der Waals surface area contributed by atoms with Crippen molar-refractivity contribution in [3.63, 3.8) is 0 Å². The van der Waals surface area contributed by atoms with Gasteiger partial charge in [0.15, 0.2) is 0 Å². The SMILES string of the molecule is CC(C)C[C@@H](CN(CCCCNS(=O)(=O)c1ccc(Cl)cc1Cl)C(=O)Nc1ccsc1)NC(=O)Nc1ccccc1. The maximum atomic E-state index is 13.2. The Bertz CT molecular complexity index is 1370. The second kappa shape index (κ2) is 16.0. The molecule has 0 aliphatic heterocycles. The number of para-hydroxylation sites is 1. The number of anilines is 2. The van der Waals surface area contributed by atoms with Gasteiger partial charge in [-0.2, -0.15) is 11.3 Å². The van der Waals surface area contributed by atoms with Crippen LogP contribution in [0.15, 0.2) is 70.3 Å². The lowest BCUT2D eigenvalue weighted by Gasteiger charge is -2.29. The van der Waals surface area contributed by atoms with E-state index < -0.39 is 10.0 Å². The Morgan fingerprint density at radius 1 is 0.976 bits per heavy atom.